The van der Waals surface area contributed by atoms with Gasteiger partial charge in [-0.25, -0.2) is 0 Å². The predicted molar refractivity (Wildman–Crippen MR) is 84.2 cm³/mol. The van der Waals surface area contributed by atoms with Crippen LogP contribution in [-0.2, 0) is 6.42 Å². The van der Waals surface area contributed by atoms with Crippen molar-refractivity contribution in [2.24, 2.45) is 5.73 Å². The van der Waals surface area contributed by atoms with Crippen molar-refractivity contribution in [2.75, 3.05) is 7.11 Å². The molecule has 2 aromatic carbocycles. The molecule has 0 fully saturated rings. The molecule has 106 valence electrons. The largest absolute Gasteiger partial charge is 0.496 e. The first-order chi connectivity index (χ1) is 9.63. The lowest BCUT2D eigenvalue weighted by Crippen LogP contribution is -2.11. The molecule has 0 saturated carbocycles. The molecule has 0 spiro atoms. The lowest BCUT2D eigenvalue weighted by molar-refractivity contribution is 0.405. The highest BCUT2D eigenvalue weighted by Crippen LogP contribution is 2.28. The molecule has 0 aromatic heterocycles. The van der Waals surface area contributed by atoms with Gasteiger partial charge in [-0.05, 0) is 48.9 Å². The maximum absolute atomic E-state index is 6.26. The van der Waals surface area contributed by atoms with Crippen LogP contribution in [0.4, 0.5) is 0 Å². The van der Waals surface area contributed by atoms with Crippen LogP contribution >= 0.6 is 0 Å². The predicted octanol–water partition coefficient (Wildman–Crippen LogP) is 3.94. The standard InChI is InChI=1S/C18H23NO/c1-13-9-10-16(18(20-3)14(13)2)11-12-17(19)15-7-5-4-6-8-15/h4-10,17H,11-12,19H2,1-3H3. The highest BCUT2D eigenvalue weighted by molar-refractivity contribution is 5.45. The van der Waals surface area contributed by atoms with Gasteiger partial charge >= 0.3 is 0 Å². The molecule has 2 heteroatoms. The van der Waals surface area contributed by atoms with Gasteiger partial charge in [0, 0.05) is 6.04 Å². The van der Waals surface area contributed by atoms with Crippen LogP contribution in [0.15, 0.2) is 42.5 Å². The average molecular weight is 269 g/mol. The molecule has 0 aliphatic heterocycles. The maximum atomic E-state index is 6.26. The summed E-state index contributed by atoms with van der Waals surface area (Å²) in [5, 5.41) is 0. The number of rotatable bonds is 5. The summed E-state index contributed by atoms with van der Waals surface area (Å²) in [6, 6.07) is 14.6. The van der Waals surface area contributed by atoms with Gasteiger partial charge in [0.1, 0.15) is 5.75 Å². The Kier molecular flexibility index (Phi) is 4.80. The molecule has 2 aromatic rings. The molecule has 2 nitrogen and oxygen atoms in total. The van der Waals surface area contributed by atoms with Crippen molar-refractivity contribution in [3.8, 4) is 5.75 Å². The van der Waals surface area contributed by atoms with Gasteiger partial charge in [-0.1, -0.05) is 42.5 Å². The third-order valence-corrected chi connectivity index (χ3v) is 3.91. The van der Waals surface area contributed by atoms with E-state index < -0.39 is 0 Å². The van der Waals surface area contributed by atoms with Crippen LogP contribution in [-0.4, -0.2) is 7.11 Å². The van der Waals surface area contributed by atoms with Crippen LogP contribution in [0.2, 0.25) is 0 Å². The second-order valence-electron chi connectivity index (χ2n) is 5.26. The number of hydrogen-bond donors (Lipinski definition) is 1. The summed E-state index contributed by atoms with van der Waals surface area (Å²) in [4.78, 5) is 0. The fourth-order valence-electron chi connectivity index (χ4n) is 2.51. The summed E-state index contributed by atoms with van der Waals surface area (Å²) in [6.07, 6.45) is 1.85. The first kappa shape index (κ1) is 14.6. The van der Waals surface area contributed by atoms with Crippen molar-refractivity contribution in [1.82, 2.24) is 0 Å². The number of methoxy groups -OCH3 is 1. The lowest BCUT2D eigenvalue weighted by Gasteiger charge is -2.16. The Labute approximate surface area is 121 Å². The lowest BCUT2D eigenvalue weighted by atomic mass is 9.96. The van der Waals surface area contributed by atoms with Gasteiger partial charge < -0.3 is 10.5 Å². The van der Waals surface area contributed by atoms with E-state index in [0.717, 1.165) is 18.6 Å². The number of hydrogen-bond acceptors (Lipinski definition) is 2. The molecule has 1 unspecified atom stereocenters. The smallest absolute Gasteiger partial charge is 0.125 e. The quantitative estimate of drug-likeness (QED) is 0.892. The fourth-order valence-corrected chi connectivity index (χ4v) is 2.51. The zero-order valence-corrected chi connectivity index (χ0v) is 12.5. The Morgan fingerprint density at radius 3 is 2.40 bits per heavy atom. The van der Waals surface area contributed by atoms with E-state index in [0.29, 0.717) is 0 Å². The van der Waals surface area contributed by atoms with Crippen molar-refractivity contribution < 1.29 is 4.74 Å². The summed E-state index contributed by atoms with van der Waals surface area (Å²) in [5.74, 6) is 1.00. The van der Waals surface area contributed by atoms with Crippen LogP contribution in [0.5, 0.6) is 5.75 Å². The first-order valence-corrected chi connectivity index (χ1v) is 7.07. The van der Waals surface area contributed by atoms with Crippen molar-refractivity contribution in [3.05, 3.63) is 64.7 Å². The summed E-state index contributed by atoms with van der Waals surface area (Å²) >= 11 is 0. The number of ether oxygens (including phenoxy) is 1. The Bertz CT molecular complexity index is 563. The minimum Gasteiger partial charge on any atom is -0.496 e. The van der Waals surface area contributed by atoms with Gasteiger partial charge in [0.2, 0.25) is 0 Å². The highest BCUT2D eigenvalue weighted by atomic mass is 16.5. The van der Waals surface area contributed by atoms with E-state index in [2.05, 4.69) is 38.1 Å². The van der Waals surface area contributed by atoms with Gasteiger partial charge in [0.25, 0.3) is 0 Å². The van der Waals surface area contributed by atoms with Gasteiger partial charge in [0.05, 0.1) is 7.11 Å². The Morgan fingerprint density at radius 2 is 1.75 bits per heavy atom. The molecule has 0 aliphatic carbocycles. The molecule has 0 saturated heterocycles. The molecule has 2 rings (SSSR count). The number of aryl methyl sites for hydroxylation is 2. The van der Waals surface area contributed by atoms with E-state index in [1.54, 1.807) is 7.11 Å². The Hall–Kier alpha value is -1.80. The van der Waals surface area contributed by atoms with Crippen LogP contribution in [0.25, 0.3) is 0 Å². The zero-order valence-electron chi connectivity index (χ0n) is 12.5. The zero-order chi connectivity index (χ0) is 14.5. The van der Waals surface area contributed by atoms with Gasteiger partial charge in [0.15, 0.2) is 0 Å². The summed E-state index contributed by atoms with van der Waals surface area (Å²) in [6.45, 7) is 4.21. The molecule has 1 atom stereocenters. The molecule has 0 heterocycles. The molecule has 0 aliphatic rings. The highest BCUT2D eigenvalue weighted by Gasteiger charge is 2.11. The minimum absolute atomic E-state index is 0.0718. The average Bonchev–Trinajstić information content (AvgIpc) is 2.49. The van der Waals surface area contributed by atoms with Gasteiger partial charge in [-0.3, -0.25) is 0 Å². The maximum Gasteiger partial charge on any atom is 0.125 e. The number of nitrogens with two attached hydrogens (primary N) is 1. The topological polar surface area (TPSA) is 35.2 Å². The second-order valence-corrected chi connectivity index (χ2v) is 5.26. The van der Waals surface area contributed by atoms with E-state index in [-0.39, 0.29) is 6.04 Å². The van der Waals surface area contributed by atoms with Crippen LogP contribution < -0.4 is 10.5 Å². The van der Waals surface area contributed by atoms with E-state index in [1.807, 2.05) is 18.2 Å². The first-order valence-electron chi connectivity index (χ1n) is 7.07. The monoisotopic (exact) mass is 269 g/mol. The van der Waals surface area contributed by atoms with E-state index in [9.17, 15) is 0 Å². The molecule has 0 amide bonds. The van der Waals surface area contributed by atoms with Crippen molar-refractivity contribution in [3.63, 3.8) is 0 Å². The van der Waals surface area contributed by atoms with E-state index in [1.165, 1.54) is 22.3 Å². The Morgan fingerprint density at radius 1 is 1.05 bits per heavy atom. The molecular formula is C18H23NO. The van der Waals surface area contributed by atoms with E-state index in [4.69, 9.17) is 10.5 Å². The SMILES string of the molecule is COc1c(CCC(N)c2ccccc2)ccc(C)c1C. The molecule has 0 bridgehead atoms. The molecule has 20 heavy (non-hydrogen) atoms. The van der Waals surface area contributed by atoms with Crippen molar-refractivity contribution >= 4 is 0 Å². The minimum atomic E-state index is 0.0718. The fraction of sp³-hybridized carbons (Fsp3) is 0.333. The van der Waals surface area contributed by atoms with Crippen molar-refractivity contribution in [1.29, 1.82) is 0 Å². The molecule has 2 N–H and O–H groups in total. The summed E-state index contributed by atoms with van der Waals surface area (Å²) < 4.78 is 5.55. The van der Waals surface area contributed by atoms with Gasteiger partial charge in [-0.2, -0.15) is 0 Å². The van der Waals surface area contributed by atoms with Crippen molar-refractivity contribution in [2.45, 2.75) is 32.7 Å². The van der Waals surface area contributed by atoms with Crippen LogP contribution in [0.3, 0.4) is 0 Å². The number of benzene rings is 2. The van der Waals surface area contributed by atoms with Crippen LogP contribution in [0.1, 0.15) is 34.7 Å². The third kappa shape index (κ3) is 3.20. The third-order valence-electron chi connectivity index (χ3n) is 3.91. The van der Waals surface area contributed by atoms with Crippen LogP contribution in [0, 0.1) is 13.8 Å². The summed E-state index contributed by atoms with van der Waals surface area (Å²) in [7, 11) is 1.74. The molecule has 0 radical (unpaired) electrons. The summed E-state index contributed by atoms with van der Waals surface area (Å²) in [5.41, 5.74) is 11.2. The second kappa shape index (κ2) is 6.58. The normalized spacial score (nSPS) is 12.2. The molecular weight excluding hydrogens is 246 g/mol. The van der Waals surface area contributed by atoms with Gasteiger partial charge in [-0.15, -0.1) is 0 Å². The van der Waals surface area contributed by atoms with E-state index >= 15 is 0 Å². The Balaban J connectivity index is 2.10.